The van der Waals surface area contributed by atoms with Crippen molar-refractivity contribution in [3.05, 3.63) is 35.4 Å². The Bertz CT molecular complexity index is 472. The molecule has 1 heterocycles. The topological polar surface area (TPSA) is 58.4 Å². The van der Waals surface area contributed by atoms with Crippen molar-refractivity contribution in [1.29, 1.82) is 0 Å². The van der Waals surface area contributed by atoms with E-state index in [1.54, 1.807) is 0 Å². The predicted molar refractivity (Wildman–Crippen MR) is 90.2 cm³/mol. The lowest BCUT2D eigenvalue weighted by Gasteiger charge is -2.33. The lowest BCUT2D eigenvalue weighted by molar-refractivity contribution is -0.124. The summed E-state index contributed by atoms with van der Waals surface area (Å²) in [7, 11) is 0. The molecule has 0 bridgehead atoms. The van der Waals surface area contributed by atoms with E-state index in [4.69, 9.17) is 5.73 Å². The minimum atomic E-state index is -0.125. The Morgan fingerprint density at radius 3 is 2.64 bits per heavy atom. The van der Waals surface area contributed by atoms with E-state index < -0.39 is 0 Å². The van der Waals surface area contributed by atoms with E-state index >= 15 is 0 Å². The van der Waals surface area contributed by atoms with Gasteiger partial charge in [-0.25, -0.2) is 0 Å². The summed E-state index contributed by atoms with van der Waals surface area (Å²) in [6.45, 7) is 7.36. The van der Waals surface area contributed by atoms with Crippen molar-refractivity contribution in [2.75, 3.05) is 13.1 Å². The first-order valence-corrected chi connectivity index (χ1v) is 8.39. The largest absolute Gasteiger partial charge is 0.352 e. The minimum Gasteiger partial charge on any atom is -0.352 e. The van der Waals surface area contributed by atoms with Gasteiger partial charge in [0.25, 0.3) is 0 Å². The number of carbonyl (C=O) groups excluding carboxylic acids is 1. The number of hydrogen-bond donors (Lipinski definition) is 2. The van der Waals surface area contributed by atoms with Crippen LogP contribution in [-0.4, -0.2) is 29.9 Å². The van der Waals surface area contributed by atoms with Gasteiger partial charge < -0.3 is 11.1 Å². The van der Waals surface area contributed by atoms with Crippen molar-refractivity contribution in [3.8, 4) is 0 Å². The first-order chi connectivity index (χ1) is 10.6. The maximum absolute atomic E-state index is 11.7. The maximum Gasteiger partial charge on any atom is 0.224 e. The zero-order valence-corrected chi connectivity index (χ0v) is 13.8. The molecule has 2 unspecified atom stereocenters. The van der Waals surface area contributed by atoms with Crippen LogP contribution in [0.15, 0.2) is 24.3 Å². The minimum absolute atomic E-state index is 0.0220. The summed E-state index contributed by atoms with van der Waals surface area (Å²) >= 11 is 0. The molecule has 2 atom stereocenters. The van der Waals surface area contributed by atoms with Crippen molar-refractivity contribution in [1.82, 2.24) is 10.2 Å². The molecule has 1 aliphatic rings. The Kier molecular flexibility index (Phi) is 6.40. The van der Waals surface area contributed by atoms with Gasteiger partial charge in [-0.15, -0.1) is 0 Å². The second-order valence-electron chi connectivity index (χ2n) is 6.49. The molecule has 0 aliphatic carbocycles. The number of hydrogen-bond acceptors (Lipinski definition) is 3. The van der Waals surface area contributed by atoms with Crippen LogP contribution < -0.4 is 11.1 Å². The van der Waals surface area contributed by atoms with Crippen LogP contribution in [0.3, 0.4) is 0 Å². The van der Waals surface area contributed by atoms with Crippen LogP contribution in [0.25, 0.3) is 0 Å². The molecule has 1 aromatic carbocycles. The fourth-order valence-electron chi connectivity index (χ4n) is 2.86. The van der Waals surface area contributed by atoms with Gasteiger partial charge >= 0.3 is 0 Å². The molecule has 0 spiro atoms. The lowest BCUT2D eigenvalue weighted by atomic mass is 10.0. The summed E-state index contributed by atoms with van der Waals surface area (Å²) in [5.41, 5.74) is 7.98. The predicted octanol–water partition coefficient (Wildman–Crippen LogP) is 2.27. The zero-order chi connectivity index (χ0) is 15.9. The fourth-order valence-corrected chi connectivity index (χ4v) is 2.86. The standard InChI is InChI=1S/C18H29N3O/c1-14(11-19)18(22)20-12-16-6-8-17(9-7-16)13-21-10-4-3-5-15(21)2/h6-9,14-15H,3-5,10-13,19H2,1-2H3,(H,20,22). The van der Waals surface area contributed by atoms with E-state index in [0.717, 1.165) is 12.1 Å². The molecule has 0 saturated carbocycles. The molecule has 4 nitrogen and oxygen atoms in total. The molecule has 1 saturated heterocycles. The highest BCUT2D eigenvalue weighted by molar-refractivity contribution is 5.78. The van der Waals surface area contributed by atoms with Gasteiger partial charge in [0.2, 0.25) is 5.91 Å². The van der Waals surface area contributed by atoms with Gasteiger partial charge in [-0.1, -0.05) is 37.6 Å². The second kappa shape index (κ2) is 8.30. The molecule has 122 valence electrons. The van der Waals surface area contributed by atoms with Crippen molar-refractivity contribution in [2.24, 2.45) is 11.7 Å². The van der Waals surface area contributed by atoms with Crippen LogP contribution in [0.1, 0.15) is 44.2 Å². The van der Waals surface area contributed by atoms with Gasteiger partial charge in [0.15, 0.2) is 0 Å². The van der Waals surface area contributed by atoms with Crippen molar-refractivity contribution in [3.63, 3.8) is 0 Å². The molecule has 1 aliphatic heterocycles. The molecule has 2 rings (SSSR count). The number of piperidine rings is 1. The second-order valence-corrected chi connectivity index (χ2v) is 6.49. The molecule has 0 radical (unpaired) electrons. The first-order valence-electron chi connectivity index (χ1n) is 8.39. The smallest absolute Gasteiger partial charge is 0.224 e. The Labute approximate surface area is 134 Å². The van der Waals surface area contributed by atoms with Crippen LogP contribution in [0, 0.1) is 5.92 Å². The van der Waals surface area contributed by atoms with Crippen LogP contribution >= 0.6 is 0 Å². The van der Waals surface area contributed by atoms with Gasteiger partial charge in [-0.3, -0.25) is 9.69 Å². The summed E-state index contributed by atoms with van der Waals surface area (Å²) in [5.74, 6) is -0.103. The number of rotatable bonds is 6. The van der Waals surface area contributed by atoms with Gasteiger partial charge in [0.1, 0.15) is 0 Å². The number of benzene rings is 1. The molecule has 22 heavy (non-hydrogen) atoms. The number of carbonyl (C=O) groups is 1. The van der Waals surface area contributed by atoms with Crippen LogP contribution in [0.4, 0.5) is 0 Å². The summed E-state index contributed by atoms with van der Waals surface area (Å²) in [5, 5.41) is 2.93. The lowest BCUT2D eigenvalue weighted by Crippen LogP contribution is -2.36. The third kappa shape index (κ3) is 4.82. The van der Waals surface area contributed by atoms with Crippen molar-refractivity contribution >= 4 is 5.91 Å². The van der Waals surface area contributed by atoms with Crippen molar-refractivity contribution < 1.29 is 4.79 Å². The summed E-state index contributed by atoms with van der Waals surface area (Å²) < 4.78 is 0. The number of likely N-dealkylation sites (tertiary alicyclic amines) is 1. The van der Waals surface area contributed by atoms with E-state index in [1.165, 1.54) is 31.4 Å². The van der Waals surface area contributed by atoms with Gasteiger partial charge in [-0.2, -0.15) is 0 Å². The van der Waals surface area contributed by atoms with E-state index in [0.29, 0.717) is 19.1 Å². The van der Waals surface area contributed by atoms with E-state index in [9.17, 15) is 4.79 Å². The Balaban J connectivity index is 1.83. The third-order valence-electron chi connectivity index (χ3n) is 4.62. The molecule has 1 fully saturated rings. The molecule has 3 N–H and O–H groups in total. The van der Waals surface area contributed by atoms with Gasteiger partial charge in [0, 0.05) is 31.6 Å². The molecule has 0 aromatic heterocycles. The first kappa shape index (κ1) is 17.0. The summed E-state index contributed by atoms with van der Waals surface area (Å²) in [4.78, 5) is 14.3. The van der Waals surface area contributed by atoms with Crippen LogP contribution in [0.2, 0.25) is 0 Å². The van der Waals surface area contributed by atoms with Crippen LogP contribution in [-0.2, 0) is 17.9 Å². The average Bonchev–Trinajstić information content (AvgIpc) is 2.55. The van der Waals surface area contributed by atoms with Gasteiger partial charge in [-0.05, 0) is 37.4 Å². The Hall–Kier alpha value is -1.39. The van der Waals surface area contributed by atoms with E-state index in [1.807, 2.05) is 6.92 Å². The normalized spacial score (nSPS) is 20.6. The maximum atomic E-state index is 11.7. The van der Waals surface area contributed by atoms with Crippen LogP contribution in [0.5, 0.6) is 0 Å². The molecule has 1 aromatic rings. The van der Waals surface area contributed by atoms with E-state index in [-0.39, 0.29) is 11.8 Å². The monoisotopic (exact) mass is 303 g/mol. The number of nitrogens with two attached hydrogens (primary N) is 1. The Morgan fingerprint density at radius 2 is 2.00 bits per heavy atom. The molecule has 1 amide bonds. The number of nitrogens with one attached hydrogen (secondary N) is 1. The number of amides is 1. The number of nitrogens with zero attached hydrogens (tertiary/aromatic N) is 1. The third-order valence-corrected chi connectivity index (χ3v) is 4.62. The van der Waals surface area contributed by atoms with Crippen molar-refractivity contribution in [2.45, 2.75) is 52.2 Å². The molecular formula is C18H29N3O. The van der Waals surface area contributed by atoms with Gasteiger partial charge in [0.05, 0.1) is 0 Å². The summed E-state index contributed by atoms with van der Waals surface area (Å²) in [6, 6.07) is 9.25. The summed E-state index contributed by atoms with van der Waals surface area (Å²) in [6.07, 6.45) is 3.98. The zero-order valence-electron chi connectivity index (χ0n) is 13.8. The Morgan fingerprint density at radius 1 is 1.32 bits per heavy atom. The fraction of sp³-hybridized carbons (Fsp3) is 0.611. The highest BCUT2D eigenvalue weighted by atomic mass is 16.1. The molecular weight excluding hydrogens is 274 g/mol. The highest BCUT2D eigenvalue weighted by Crippen LogP contribution is 2.19. The highest BCUT2D eigenvalue weighted by Gasteiger charge is 2.18. The average molecular weight is 303 g/mol. The quantitative estimate of drug-likeness (QED) is 0.847. The SMILES string of the molecule is CC(CN)C(=O)NCc1ccc(CN2CCCCC2C)cc1. The molecule has 4 heteroatoms. The van der Waals surface area contributed by atoms with E-state index in [2.05, 4.69) is 41.4 Å².